The first-order chi connectivity index (χ1) is 15.9. The molecule has 1 atom stereocenters. The Balaban J connectivity index is 1.88. The highest BCUT2D eigenvalue weighted by Crippen LogP contribution is 2.43. The van der Waals surface area contributed by atoms with Crippen LogP contribution in [0.15, 0.2) is 58.2 Å². The number of benzene rings is 2. The predicted octanol–water partition coefficient (Wildman–Crippen LogP) is 6.42. The number of carbonyl (C=O) groups excluding carboxylic acids is 1. The van der Waals surface area contributed by atoms with E-state index in [1.807, 2.05) is 28.8 Å². The number of anilines is 1. The van der Waals surface area contributed by atoms with Gasteiger partial charge < -0.3 is 14.8 Å². The minimum atomic E-state index is -3.01. The smallest absolute Gasteiger partial charge is 0.387 e. The van der Waals surface area contributed by atoms with Crippen molar-refractivity contribution in [3.63, 3.8) is 0 Å². The van der Waals surface area contributed by atoms with E-state index in [2.05, 4.69) is 33.2 Å². The largest absolute Gasteiger partial charge is 0.462 e. The number of para-hydroxylation sites is 2. The Morgan fingerprint density at radius 1 is 1.24 bits per heavy atom. The molecule has 0 bridgehead atoms. The molecule has 1 aliphatic heterocycles. The van der Waals surface area contributed by atoms with Crippen LogP contribution in [0.5, 0.6) is 5.75 Å². The van der Waals surface area contributed by atoms with Crippen molar-refractivity contribution in [2.45, 2.75) is 45.8 Å². The van der Waals surface area contributed by atoms with Gasteiger partial charge in [-0.15, -0.1) is 0 Å². The lowest BCUT2D eigenvalue weighted by atomic mass is 9.94. The molecule has 0 amide bonds. The Labute approximate surface area is 198 Å². The summed E-state index contributed by atoms with van der Waals surface area (Å²) in [5.74, 6) is -0.0235. The molecule has 4 rings (SSSR count). The van der Waals surface area contributed by atoms with Crippen molar-refractivity contribution < 1.29 is 23.0 Å². The molecule has 1 N–H and O–H groups in total. The SMILES string of the molecule is CCCCCOC(=O)C1=C(C)Nc2nc3ccccc3n2C1c1cc(Br)ccc1OC(F)F. The van der Waals surface area contributed by atoms with Crippen LogP contribution in [0.3, 0.4) is 0 Å². The van der Waals surface area contributed by atoms with E-state index < -0.39 is 18.6 Å². The van der Waals surface area contributed by atoms with Gasteiger partial charge in [0, 0.05) is 15.7 Å². The zero-order valence-corrected chi connectivity index (χ0v) is 19.9. The van der Waals surface area contributed by atoms with Crippen molar-refractivity contribution in [1.29, 1.82) is 0 Å². The van der Waals surface area contributed by atoms with Gasteiger partial charge in [0.25, 0.3) is 0 Å². The highest BCUT2D eigenvalue weighted by atomic mass is 79.9. The first kappa shape index (κ1) is 23.2. The Morgan fingerprint density at radius 2 is 2.03 bits per heavy atom. The van der Waals surface area contributed by atoms with Gasteiger partial charge in [-0.25, -0.2) is 9.78 Å². The molecule has 0 saturated carbocycles. The van der Waals surface area contributed by atoms with Crippen molar-refractivity contribution in [2.75, 3.05) is 11.9 Å². The standard InChI is InChI=1S/C24H24BrF2N3O3/c1-3-4-7-12-32-22(31)20-14(2)28-24-29-17-8-5-6-9-18(17)30(24)21(20)16-13-15(25)10-11-19(16)33-23(26)27/h5-6,8-11,13,21,23H,3-4,7,12H2,1-2H3,(H,28,29). The third-order valence-electron chi connectivity index (χ3n) is 5.51. The van der Waals surface area contributed by atoms with Gasteiger partial charge in [0.05, 0.1) is 29.3 Å². The van der Waals surface area contributed by atoms with Crippen LogP contribution in [-0.2, 0) is 9.53 Å². The summed E-state index contributed by atoms with van der Waals surface area (Å²) in [5.41, 5.74) is 2.72. The Morgan fingerprint density at radius 3 is 2.79 bits per heavy atom. The van der Waals surface area contributed by atoms with E-state index in [1.54, 1.807) is 19.1 Å². The minimum absolute atomic E-state index is 0.0204. The van der Waals surface area contributed by atoms with Crippen LogP contribution in [0.2, 0.25) is 0 Å². The quantitative estimate of drug-likeness (QED) is 0.274. The van der Waals surface area contributed by atoms with Crippen LogP contribution in [0.25, 0.3) is 11.0 Å². The summed E-state index contributed by atoms with van der Waals surface area (Å²) in [6.45, 7) is 1.09. The maximum atomic E-state index is 13.3. The van der Waals surface area contributed by atoms with E-state index in [4.69, 9.17) is 9.47 Å². The number of allylic oxidation sites excluding steroid dienone is 1. The van der Waals surface area contributed by atoms with Crippen LogP contribution >= 0.6 is 15.9 Å². The van der Waals surface area contributed by atoms with Crippen molar-refractivity contribution in [3.05, 3.63) is 63.8 Å². The van der Waals surface area contributed by atoms with Crippen LogP contribution in [0.1, 0.15) is 44.7 Å². The molecule has 2 aromatic carbocycles. The van der Waals surface area contributed by atoms with Crippen molar-refractivity contribution in [2.24, 2.45) is 0 Å². The van der Waals surface area contributed by atoms with Gasteiger partial charge in [-0.1, -0.05) is 47.8 Å². The first-order valence-electron chi connectivity index (χ1n) is 10.8. The molecule has 1 aromatic heterocycles. The number of imidazole rings is 1. The second-order valence-corrected chi connectivity index (χ2v) is 8.68. The molecule has 0 spiro atoms. The highest BCUT2D eigenvalue weighted by Gasteiger charge is 2.37. The van der Waals surface area contributed by atoms with Crippen LogP contribution in [0, 0.1) is 0 Å². The first-order valence-corrected chi connectivity index (χ1v) is 11.6. The molecule has 0 radical (unpaired) electrons. The summed E-state index contributed by atoms with van der Waals surface area (Å²) in [7, 11) is 0. The number of fused-ring (bicyclic) bond motifs is 3. The third kappa shape index (κ3) is 4.73. The number of nitrogens with one attached hydrogen (secondary N) is 1. The Bertz CT molecular complexity index is 1210. The van der Waals surface area contributed by atoms with E-state index in [0.717, 1.165) is 24.8 Å². The average Bonchev–Trinajstić information content (AvgIpc) is 3.14. The molecule has 1 unspecified atom stereocenters. The molecule has 1 aliphatic rings. The zero-order chi connectivity index (χ0) is 23.5. The van der Waals surface area contributed by atoms with Gasteiger partial charge in [0.2, 0.25) is 5.95 Å². The lowest BCUT2D eigenvalue weighted by Crippen LogP contribution is -2.29. The summed E-state index contributed by atoms with van der Waals surface area (Å²) >= 11 is 3.43. The number of hydrogen-bond acceptors (Lipinski definition) is 5. The molecule has 0 aliphatic carbocycles. The summed E-state index contributed by atoms with van der Waals surface area (Å²) in [4.78, 5) is 17.9. The monoisotopic (exact) mass is 519 g/mol. The molecule has 174 valence electrons. The number of nitrogens with zero attached hydrogens (tertiary/aromatic N) is 2. The molecular formula is C24H24BrF2N3O3. The molecule has 33 heavy (non-hydrogen) atoms. The van der Waals surface area contributed by atoms with E-state index in [1.165, 1.54) is 6.07 Å². The third-order valence-corrected chi connectivity index (χ3v) is 6.01. The topological polar surface area (TPSA) is 65.4 Å². The van der Waals surface area contributed by atoms with Crippen LogP contribution in [0.4, 0.5) is 14.7 Å². The Hall–Kier alpha value is -2.94. The van der Waals surface area contributed by atoms with Gasteiger partial charge in [-0.2, -0.15) is 8.78 Å². The van der Waals surface area contributed by atoms with Gasteiger partial charge in [0.1, 0.15) is 5.75 Å². The molecule has 2 heterocycles. The maximum absolute atomic E-state index is 13.3. The van der Waals surface area contributed by atoms with Gasteiger partial charge in [-0.05, 0) is 43.7 Å². The van der Waals surface area contributed by atoms with E-state index >= 15 is 0 Å². The van der Waals surface area contributed by atoms with Crippen molar-refractivity contribution in [3.8, 4) is 5.75 Å². The predicted molar refractivity (Wildman–Crippen MR) is 125 cm³/mol. The fourth-order valence-corrected chi connectivity index (χ4v) is 4.43. The van der Waals surface area contributed by atoms with Crippen molar-refractivity contribution >= 4 is 38.9 Å². The summed E-state index contributed by atoms with van der Waals surface area (Å²) in [6, 6.07) is 11.4. The van der Waals surface area contributed by atoms with Crippen LogP contribution < -0.4 is 10.1 Å². The number of aromatic nitrogens is 2. The second-order valence-electron chi connectivity index (χ2n) is 7.76. The fourth-order valence-electron chi connectivity index (χ4n) is 4.05. The molecule has 9 heteroatoms. The molecule has 0 saturated heterocycles. The van der Waals surface area contributed by atoms with Gasteiger partial charge in [0.15, 0.2) is 0 Å². The van der Waals surface area contributed by atoms with Gasteiger partial charge >= 0.3 is 12.6 Å². The van der Waals surface area contributed by atoms with Crippen LogP contribution in [-0.4, -0.2) is 28.7 Å². The summed E-state index contributed by atoms with van der Waals surface area (Å²) < 4.78 is 39.4. The normalized spacial score (nSPS) is 15.5. The van der Waals surface area contributed by atoms with Gasteiger partial charge in [-0.3, -0.25) is 4.57 Å². The summed E-state index contributed by atoms with van der Waals surface area (Å²) in [6.07, 6.45) is 2.70. The number of unbranched alkanes of at least 4 members (excludes halogenated alkanes) is 2. The zero-order valence-electron chi connectivity index (χ0n) is 18.3. The average molecular weight is 520 g/mol. The highest BCUT2D eigenvalue weighted by molar-refractivity contribution is 9.10. The second kappa shape index (κ2) is 9.91. The summed E-state index contributed by atoms with van der Waals surface area (Å²) in [5, 5.41) is 3.19. The maximum Gasteiger partial charge on any atom is 0.387 e. The lowest BCUT2D eigenvalue weighted by molar-refractivity contribution is -0.139. The number of esters is 1. The molecular weight excluding hydrogens is 496 g/mol. The molecule has 0 fully saturated rings. The number of rotatable bonds is 8. The Kier molecular flexibility index (Phi) is 6.97. The van der Waals surface area contributed by atoms with E-state index in [0.29, 0.717) is 32.8 Å². The molecule has 6 nitrogen and oxygen atoms in total. The minimum Gasteiger partial charge on any atom is -0.462 e. The lowest BCUT2D eigenvalue weighted by Gasteiger charge is -2.31. The number of hydrogen-bond donors (Lipinski definition) is 1. The number of halogens is 3. The van der Waals surface area contributed by atoms with E-state index in [-0.39, 0.29) is 12.4 Å². The number of ether oxygens (including phenoxy) is 2. The fraction of sp³-hybridized carbons (Fsp3) is 0.333. The number of alkyl halides is 2. The van der Waals surface area contributed by atoms with Crippen molar-refractivity contribution in [1.82, 2.24) is 9.55 Å². The van der Waals surface area contributed by atoms with E-state index in [9.17, 15) is 13.6 Å². The molecule has 3 aromatic rings. The number of carbonyl (C=O) groups is 1.